The molecule has 0 atom stereocenters. The highest BCUT2D eigenvalue weighted by molar-refractivity contribution is 5.50. The Hall–Kier alpha value is -1.91. The lowest BCUT2D eigenvalue weighted by molar-refractivity contribution is 0.609. The summed E-state index contributed by atoms with van der Waals surface area (Å²) in [6.45, 7) is 8.00. The Balaban J connectivity index is 2.73. The van der Waals surface area contributed by atoms with E-state index in [4.69, 9.17) is 0 Å². The van der Waals surface area contributed by atoms with E-state index in [1.54, 1.807) is 16.7 Å². The molecule has 5 nitrogen and oxygen atoms in total. The SMILES string of the molecule is C=CCn1ncc2c(C)nc(CCC)n2c1=O. The fraction of sp³-hybridized carbons (Fsp3) is 0.417. The van der Waals surface area contributed by atoms with Crippen molar-refractivity contribution in [3.8, 4) is 0 Å². The molecule has 0 aromatic carbocycles. The number of nitrogens with zero attached hydrogens (tertiary/aromatic N) is 4. The molecule has 0 spiro atoms. The van der Waals surface area contributed by atoms with Gasteiger partial charge in [-0.3, -0.25) is 0 Å². The van der Waals surface area contributed by atoms with Crippen molar-refractivity contribution in [1.82, 2.24) is 19.2 Å². The van der Waals surface area contributed by atoms with Gasteiger partial charge in [0.15, 0.2) is 0 Å². The minimum Gasteiger partial charge on any atom is -0.246 e. The van der Waals surface area contributed by atoms with Crippen LogP contribution >= 0.6 is 0 Å². The number of rotatable bonds is 4. The van der Waals surface area contributed by atoms with Crippen molar-refractivity contribution in [2.45, 2.75) is 33.2 Å². The van der Waals surface area contributed by atoms with Crippen LogP contribution < -0.4 is 5.69 Å². The summed E-state index contributed by atoms with van der Waals surface area (Å²) in [5, 5.41) is 4.10. The molecule has 2 heterocycles. The van der Waals surface area contributed by atoms with E-state index in [1.165, 1.54) is 4.68 Å². The second kappa shape index (κ2) is 4.53. The van der Waals surface area contributed by atoms with Crippen molar-refractivity contribution >= 4 is 5.52 Å². The van der Waals surface area contributed by atoms with Crippen LogP contribution in [0.1, 0.15) is 24.9 Å². The quantitative estimate of drug-likeness (QED) is 0.747. The van der Waals surface area contributed by atoms with Gasteiger partial charge in [-0.1, -0.05) is 13.0 Å². The molecule has 2 rings (SSSR count). The molecule has 0 bridgehead atoms. The third-order valence-corrected chi connectivity index (χ3v) is 2.67. The van der Waals surface area contributed by atoms with Gasteiger partial charge in [0.1, 0.15) is 5.82 Å². The third-order valence-electron chi connectivity index (χ3n) is 2.67. The molecular weight excluding hydrogens is 216 g/mol. The van der Waals surface area contributed by atoms with Crippen LogP contribution in [0.25, 0.3) is 5.52 Å². The van der Waals surface area contributed by atoms with E-state index in [2.05, 4.69) is 23.6 Å². The maximum absolute atomic E-state index is 12.2. The fourth-order valence-corrected chi connectivity index (χ4v) is 1.89. The van der Waals surface area contributed by atoms with E-state index in [1.807, 2.05) is 6.92 Å². The molecule has 5 heteroatoms. The molecule has 0 saturated carbocycles. The summed E-state index contributed by atoms with van der Waals surface area (Å²) in [6, 6.07) is 0. The topological polar surface area (TPSA) is 52.2 Å². The first-order chi connectivity index (χ1) is 8.19. The number of hydrogen-bond acceptors (Lipinski definition) is 3. The Kier molecular flexibility index (Phi) is 3.08. The van der Waals surface area contributed by atoms with Crippen molar-refractivity contribution in [3.63, 3.8) is 0 Å². The fourth-order valence-electron chi connectivity index (χ4n) is 1.89. The first-order valence-electron chi connectivity index (χ1n) is 5.74. The molecule has 0 N–H and O–H groups in total. The highest BCUT2D eigenvalue weighted by Gasteiger charge is 2.11. The van der Waals surface area contributed by atoms with E-state index < -0.39 is 0 Å². The Bertz CT molecular complexity index is 609. The van der Waals surface area contributed by atoms with Gasteiger partial charge in [0.25, 0.3) is 0 Å². The maximum atomic E-state index is 12.2. The van der Waals surface area contributed by atoms with Crippen molar-refractivity contribution in [1.29, 1.82) is 0 Å². The van der Waals surface area contributed by atoms with Crippen molar-refractivity contribution < 1.29 is 0 Å². The second-order valence-corrected chi connectivity index (χ2v) is 3.98. The van der Waals surface area contributed by atoms with Gasteiger partial charge in [-0.05, 0) is 13.3 Å². The molecule has 0 fully saturated rings. The summed E-state index contributed by atoms with van der Waals surface area (Å²) in [6.07, 6.45) is 5.10. The molecule has 2 aromatic heterocycles. The maximum Gasteiger partial charge on any atom is 0.350 e. The summed E-state index contributed by atoms with van der Waals surface area (Å²) in [7, 11) is 0. The first-order valence-corrected chi connectivity index (χ1v) is 5.74. The van der Waals surface area contributed by atoms with Crippen LogP contribution in [0.3, 0.4) is 0 Å². The van der Waals surface area contributed by atoms with Crippen molar-refractivity contribution in [2.75, 3.05) is 0 Å². The lowest BCUT2D eigenvalue weighted by Gasteiger charge is -2.03. The average Bonchev–Trinajstić information content (AvgIpc) is 2.61. The molecule has 0 unspecified atom stereocenters. The van der Waals surface area contributed by atoms with Crippen LogP contribution in [0.4, 0.5) is 0 Å². The summed E-state index contributed by atoms with van der Waals surface area (Å²) < 4.78 is 3.04. The molecule has 0 radical (unpaired) electrons. The molecule has 0 saturated heterocycles. The summed E-state index contributed by atoms with van der Waals surface area (Å²) >= 11 is 0. The summed E-state index contributed by atoms with van der Waals surface area (Å²) in [4.78, 5) is 16.6. The van der Waals surface area contributed by atoms with Crippen LogP contribution in [0.15, 0.2) is 23.6 Å². The van der Waals surface area contributed by atoms with E-state index in [0.29, 0.717) is 6.54 Å². The van der Waals surface area contributed by atoms with Gasteiger partial charge in [0, 0.05) is 6.42 Å². The monoisotopic (exact) mass is 232 g/mol. The van der Waals surface area contributed by atoms with Gasteiger partial charge in [-0.15, -0.1) is 6.58 Å². The largest absolute Gasteiger partial charge is 0.350 e. The van der Waals surface area contributed by atoms with Crippen molar-refractivity contribution in [3.05, 3.63) is 40.9 Å². The molecule has 90 valence electrons. The zero-order valence-electron chi connectivity index (χ0n) is 10.2. The summed E-state index contributed by atoms with van der Waals surface area (Å²) in [5.41, 5.74) is 1.49. The van der Waals surface area contributed by atoms with Crippen LogP contribution in [0.5, 0.6) is 0 Å². The molecule has 2 aromatic rings. The zero-order valence-corrected chi connectivity index (χ0v) is 10.2. The lowest BCUT2D eigenvalue weighted by Crippen LogP contribution is -2.29. The van der Waals surface area contributed by atoms with Crippen LogP contribution in [-0.4, -0.2) is 19.2 Å². The van der Waals surface area contributed by atoms with E-state index in [0.717, 1.165) is 29.9 Å². The number of aromatic nitrogens is 4. The number of allylic oxidation sites excluding steroid dienone is 1. The van der Waals surface area contributed by atoms with Gasteiger partial charge in [0.05, 0.1) is 24.0 Å². The van der Waals surface area contributed by atoms with Crippen LogP contribution in [-0.2, 0) is 13.0 Å². The van der Waals surface area contributed by atoms with E-state index in [-0.39, 0.29) is 5.69 Å². The predicted octanol–water partition coefficient (Wildman–Crippen LogP) is 1.34. The van der Waals surface area contributed by atoms with E-state index >= 15 is 0 Å². The third kappa shape index (κ3) is 1.88. The highest BCUT2D eigenvalue weighted by atomic mass is 16.2. The normalized spacial score (nSPS) is 10.9. The molecule has 0 aliphatic heterocycles. The standard InChI is InChI=1S/C12H16N4O/c1-4-6-11-14-9(3)10-8-13-15(7-5-2)12(17)16(10)11/h5,8H,2,4,6-7H2,1,3H3. The van der Waals surface area contributed by atoms with Crippen LogP contribution in [0, 0.1) is 6.92 Å². The summed E-state index contributed by atoms with van der Waals surface area (Å²) in [5.74, 6) is 0.810. The number of aryl methyl sites for hydroxylation is 2. The molecule has 0 aliphatic rings. The number of hydrogen-bond donors (Lipinski definition) is 0. The zero-order chi connectivity index (χ0) is 12.4. The van der Waals surface area contributed by atoms with E-state index in [9.17, 15) is 4.79 Å². The molecule has 17 heavy (non-hydrogen) atoms. The van der Waals surface area contributed by atoms with Crippen LogP contribution in [0.2, 0.25) is 0 Å². The van der Waals surface area contributed by atoms with Gasteiger partial charge < -0.3 is 0 Å². The Morgan fingerprint density at radius 3 is 2.94 bits per heavy atom. The van der Waals surface area contributed by atoms with Gasteiger partial charge in [-0.25, -0.2) is 18.9 Å². The minimum atomic E-state index is -0.147. The number of imidazole rings is 1. The highest BCUT2D eigenvalue weighted by Crippen LogP contribution is 2.09. The molecule has 0 aliphatic carbocycles. The predicted molar refractivity (Wildman–Crippen MR) is 66.2 cm³/mol. The van der Waals surface area contributed by atoms with Gasteiger partial charge in [0.2, 0.25) is 0 Å². The van der Waals surface area contributed by atoms with Gasteiger partial charge in [-0.2, -0.15) is 5.10 Å². The average molecular weight is 232 g/mol. The molecular formula is C12H16N4O. The Morgan fingerprint density at radius 2 is 2.29 bits per heavy atom. The molecule has 0 amide bonds. The Labute approximate surface area is 99.4 Å². The van der Waals surface area contributed by atoms with Crippen molar-refractivity contribution in [2.24, 2.45) is 0 Å². The van der Waals surface area contributed by atoms with Gasteiger partial charge >= 0.3 is 5.69 Å². The first kappa shape index (κ1) is 11.6. The second-order valence-electron chi connectivity index (χ2n) is 3.98. The smallest absolute Gasteiger partial charge is 0.246 e. The number of fused-ring (bicyclic) bond motifs is 1. The lowest BCUT2D eigenvalue weighted by atomic mass is 10.3. The minimum absolute atomic E-state index is 0.147. The Morgan fingerprint density at radius 1 is 1.53 bits per heavy atom.